The molecule has 1 radical (unpaired) electrons. The van der Waals surface area contributed by atoms with E-state index in [2.05, 4.69) is 13.0 Å². The molecule has 2 heteroatoms. The highest BCUT2D eigenvalue weighted by atomic mass is 16.5. The van der Waals surface area contributed by atoms with Crippen LogP contribution in [-0.2, 0) is 16.0 Å². The van der Waals surface area contributed by atoms with E-state index in [4.69, 9.17) is 4.74 Å². The lowest BCUT2D eigenvalue weighted by Gasteiger charge is -2.03. The van der Waals surface area contributed by atoms with E-state index < -0.39 is 0 Å². The Morgan fingerprint density at radius 2 is 2.43 bits per heavy atom. The SMILES string of the molecule is CCCCOC(=O)Cc1c[c]ccc1. The van der Waals surface area contributed by atoms with Crippen LogP contribution in [-0.4, -0.2) is 12.6 Å². The topological polar surface area (TPSA) is 26.3 Å². The van der Waals surface area contributed by atoms with E-state index in [0.717, 1.165) is 18.4 Å². The average molecular weight is 191 g/mol. The van der Waals surface area contributed by atoms with Crippen molar-refractivity contribution in [3.63, 3.8) is 0 Å². The Kier molecular flexibility index (Phi) is 4.76. The first-order valence-corrected chi connectivity index (χ1v) is 4.93. The maximum atomic E-state index is 11.3. The third kappa shape index (κ3) is 4.08. The van der Waals surface area contributed by atoms with E-state index in [1.807, 2.05) is 18.2 Å². The maximum absolute atomic E-state index is 11.3. The molecule has 2 nitrogen and oxygen atoms in total. The summed E-state index contributed by atoms with van der Waals surface area (Å²) < 4.78 is 5.03. The second-order valence-corrected chi connectivity index (χ2v) is 3.16. The molecule has 0 unspecified atom stereocenters. The van der Waals surface area contributed by atoms with Crippen LogP contribution in [0.2, 0.25) is 0 Å². The summed E-state index contributed by atoms with van der Waals surface area (Å²) in [7, 11) is 0. The van der Waals surface area contributed by atoms with Gasteiger partial charge in [-0.1, -0.05) is 37.6 Å². The van der Waals surface area contributed by atoms with Gasteiger partial charge in [-0.2, -0.15) is 0 Å². The molecule has 0 spiro atoms. The number of hydrogen-bond acceptors (Lipinski definition) is 2. The molecular formula is C12H15O2. The van der Waals surface area contributed by atoms with Gasteiger partial charge in [0.25, 0.3) is 0 Å². The fourth-order valence-electron chi connectivity index (χ4n) is 1.09. The summed E-state index contributed by atoms with van der Waals surface area (Å²) in [6, 6.07) is 10.3. The van der Waals surface area contributed by atoms with Gasteiger partial charge in [-0.3, -0.25) is 4.79 Å². The Labute approximate surface area is 84.9 Å². The molecule has 75 valence electrons. The number of rotatable bonds is 5. The van der Waals surface area contributed by atoms with E-state index in [1.165, 1.54) is 0 Å². The average Bonchev–Trinajstić information content (AvgIpc) is 2.20. The fourth-order valence-corrected chi connectivity index (χ4v) is 1.09. The number of ether oxygens (including phenoxy) is 1. The van der Waals surface area contributed by atoms with Crippen molar-refractivity contribution in [2.24, 2.45) is 0 Å². The zero-order valence-corrected chi connectivity index (χ0v) is 8.45. The van der Waals surface area contributed by atoms with Gasteiger partial charge in [0.1, 0.15) is 0 Å². The Morgan fingerprint density at radius 1 is 1.57 bits per heavy atom. The molecular weight excluding hydrogens is 176 g/mol. The molecule has 0 aliphatic carbocycles. The molecule has 1 aromatic rings. The summed E-state index contributed by atoms with van der Waals surface area (Å²) in [5, 5.41) is 0. The smallest absolute Gasteiger partial charge is 0.310 e. The molecule has 1 aromatic carbocycles. The molecule has 0 atom stereocenters. The molecule has 0 aliphatic heterocycles. The number of carbonyl (C=O) groups excluding carboxylic acids is 1. The minimum absolute atomic E-state index is 0.155. The van der Waals surface area contributed by atoms with Crippen LogP contribution in [0.4, 0.5) is 0 Å². The number of hydrogen-bond donors (Lipinski definition) is 0. The normalized spacial score (nSPS) is 9.79. The molecule has 0 aliphatic rings. The van der Waals surface area contributed by atoms with Crippen molar-refractivity contribution in [2.45, 2.75) is 26.2 Å². The van der Waals surface area contributed by atoms with Crippen LogP contribution in [0, 0.1) is 6.07 Å². The molecule has 0 amide bonds. The van der Waals surface area contributed by atoms with Gasteiger partial charge in [0.15, 0.2) is 0 Å². The molecule has 0 heterocycles. The largest absolute Gasteiger partial charge is 0.465 e. The first kappa shape index (κ1) is 10.8. The second kappa shape index (κ2) is 6.19. The lowest BCUT2D eigenvalue weighted by Crippen LogP contribution is -2.08. The van der Waals surface area contributed by atoms with Crippen molar-refractivity contribution in [1.29, 1.82) is 0 Å². The van der Waals surface area contributed by atoms with E-state index in [0.29, 0.717) is 13.0 Å². The van der Waals surface area contributed by atoms with E-state index >= 15 is 0 Å². The Bertz CT molecular complexity index is 267. The molecule has 0 aromatic heterocycles. The number of benzene rings is 1. The van der Waals surface area contributed by atoms with Crippen molar-refractivity contribution >= 4 is 5.97 Å². The number of unbranched alkanes of at least 4 members (excludes halogenated alkanes) is 1. The molecule has 0 saturated heterocycles. The van der Waals surface area contributed by atoms with Crippen molar-refractivity contribution < 1.29 is 9.53 Å². The monoisotopic (exact) mass is 191 g/mol. The second-order valence-electron chi connectivity index (χ2n) is 3.16. The minimum Gasteiger partial charge on any atom is -0.465 e. The summed E-state index contributed by atoms with van der Waals surface area (Å²) in [5.74, 6) is -0.155. The summed E-state index contributed by atoms with van der Waals surface area (Å²) in [6.45, 7) is 2.60. The molecule has 14 heavy (non-hydrogen) atoms. The van der Waals surface area contributed by atoms with E-state index in [1.54, 1.807) is 6.07 Å². The van der Waals surface area contributed by atoms with Gasteiger partial charge < -0.3 is 4.74 Å². The maximum Gasteiger partial charge on any atom is 0.310 e. The molecule has 1 rings (SSSR count). The lowest BCUT2D eigenvalue weighted by molar-refractivity contribution is -0.142. The predicted molar refractivity (Wildman–Crippen MR) is 54.8 cm³/mol. The summed E-state index contributed by atoms with van der Waals surface area (Å²) >= 11 is 0. The van der Waals surface area contributed by atoms with Gasteiger partial charge in [-0.25, -0.2) is 0 Å². The molecule has 0 fully saturated rings. The van der Waals surface area contributed by atoms with Crippen LogP contribution in [0.3, 0.4) is 0 Å². The summed E-state index contributed by atoms with van der Waals surface area (Å²) in [4.78, 5) is 11.3. The highest BCUT2D eigenvalue weighted by molar-refractivity contribution is 5.72. The predicted octanol–water partition coefficient (Wildman–Crippen LogP) is 2.37. The van der Waals surface area contributed by atoms with E-state index in [-0.39, 0.29) is 5.97 Å². The Balaban J connectivity index is 2.27. The van der Waals surface area contributed by atoms with Gasteiger partial charge in [0, 0.05) is 0 Å². The summed E-state index contributed by atoms with van der Waals surface area (Å²) in [5.41, 5.74) is 0.953. The number of esters is 1. The highest BCUT2D eigenvalue weighted by Gasteiger charge is 2.03. The van der Waals surface area contributed by atoms with Crippen molar-refractivity contribution in [1.82, 2.24) is 0 Å². The highest BCUT2D eigenvalue weighted by Crippen LogP contribution is 2.00. The Hall–Kier alpha value is -1.31. The number of carbonyl (C=O) groups is 1. The third-order valence-electron chi connectivity index (χ3n) is 1.88. The zero-order valence-electron chi connectivity index (χ0n) is 8.45. The quantitative estimate of drug-likeness (QED) is 0.527. The van der Waals surface area contributed by atoms with Crippen LogP contribution < -0.4 is 0 Å². The van der Waals surface area contributed by atoms with Gasteiger partial charge in [-0.15, -0.1) is 0 Å². The first-order chi connectivity index (χ1) is 6.83. The first-order valence-electron chi connectivity index (χ1n) is 4.93. The standard InChI is InChI=1S/C12H15O2/c1-2-3-9-14-12(13)10-11-7-5-4-6-8-11/h4-5,7-8H,2-3,9-10H2,1H3. The van der Waals surface area contributed by atoms with Crippen LogP contribution in [0.25, 0.3) is 0 Å². The van der Waals surface area contributed by atoms with Crippen LogP contribution >= 0.6 is 0 Å². The fraction of sp³-hybridized carbons (Fsp3) is 0.417. The molecule has 0 N–H and O–H groups in total. The van der Waals surface area contributed by atoms with Gasteiger partial charge in [0.05, 0.1) is 13.0 Å². The van der Waals surface area contributed by atoms with Crippen LogP contribution in [0.5, 0.6) is 0 Å². The van der Waals surface area contributed by atoms with Gasteiger partial charge in [0.2, 0.25) is 0 Å². The molecule has 0 bridgehead atoms. The van der Waals surface area contributed by atoms with Crippen molar-refractivity contribution in [2.75, 3.05) is 6.61 Å². The van der Waals surface area contributed by atoms with Crippen molar-refractivity contribution in [3.8, 4) is 0 Å². The molecule has 0 saturated carbocycles. The van der Waals surface area contributed by atoms with Gasteiger partial charge in [-0.05, 0) is 18.1 Å². The Morgan fingerprint density at radius 3 is 3.07 bits per heavy atom. The third-order valence-corrected chi connectivity index (χ3v) is 1.88. The zero-order chi connectivity index (χ0) is 10.2. The van der Waals surface area contributed by atoms with Crippen LogP contribution in [0.1, 0.15) is 25.3 Å². The minimum atomic E-state index is -0.155. The summed E-state index contributed by atoms with van der Waals surface area (Å²) in [6.07, 6.45) is 2.33. The van der Waals surface area contributed by atoms with E-state index in [9.17, 15) is 4.79 Å². The van der Waals surface area contributed by atoms with Crippen molar-refractivity contribution in [3.05, 3.63) is 35.9 Å². The van der Waals surface area contributed by atoms with Gasteiger partial charge >= 0.3 is 5.97 Å². The lowest BCUT2D eigenvalue weighted by atomic mass is 10.2. The van der Waals surface area contributed by atoms with Crippen LogP contribution in [0.15, 0.2) is 24.3 Å².